The van der Waals surface area contributed by atoms with Crippen molar-refractivity contribution < 1.29 is 17.6 Å². The summed E-state index contributed by atoms with van der Waals surface area (Å²) in [5, 5.41) is 2.94. The van der Waals surface area contributed by atoms with Crippen molar-refractivity contribution in [2.75, 3.05) is 19.6 Å². The maximum Gasteiger partial charge on any atom is 0.223 e. The van der Waals surface area contributed by atoms with E-state index in [0.29, 0.717) is 19.4 Å². The molecule has 24 heavy (non-hydrogen) atoms. The van der Waals surface area contributed by atoms with E-state index in [0.717, 1.165) is 6.42 Å². The Labute approximate surface area is 147 Å². The summed E-state index contributed by atoms with van der Waals surface area (Å²) in [5.41, 5.74) is -0.0121. The van der Waals surface area contributed by atoms with Crippen LogP contribution in [0.3, 0.4) is 0 Å². The Morgan fingerprint density at radius 3 is 2.62 bits per heavy atom. The van der Waals surface area contributed by atoms with E-state index in [-0.39, 0.29) is 35.5 Å². The predicted molar refractivity (Wildman–Crippen MR) is 91.6 cm³/mol. The predicted octanol–water partition coefficient (Wildman–Crippen LogP) is 2.55. The van der Waals surface area contributed by atoms with Gasteiger partial charge in [0.1, 0.15) is 5.82 Å². The minimum absolute atomic E-state index is 0.0121. The van der Waals surface area contributed by atoms with Crippen LogP contribution in [0.5, 0.6) is 0 Å². The van der Waals surface area contributed by atoms with Crippen molar-refractivity contribution in [1.82, 2.24) is 9.62 Å². The molecule has 1 aliphatic rings. The van der Waals surface area contributed by atoms with E-state index >= 15 is 0 Å². The van der Waals surface area contributed by atoms with E-state index in [1.165, 1.54) is 22.5 Å². The summed E-state index contributed by atoms with van der Waals surface area (Å²) >= 11 is 5.91. The van der Waals surface area contributed by atoms with Crippen molar-refractivity contribution in [3.63, 3.8) is 0 Å². The molecule has 0 unspecified atom stereocenters. The summed E-state index contributed by atoms with van der Waals surface area (Å²) in [6, 6.07) is 4.11. The number of amides is 1. The lowest BCUT2D eigenvalue weighted by Gasteiger charge is -2.30. The van der Waals surface area contributed by atoms with Crippen LogP contribution in [0, 0.1) is 11.7 Å². The first-order valence-electron chi connectivity index (χ1n) is 8.03. The molecule has 1 N–H and O–H groups in total. The van der Waals surface area contributed by atoms with Crippen LogP contribution in [0.2, 0.25) is 5.02 Å². The molecular weight excluding hydrogens is 355 g/mol. The largest absolute Gasteiger partial charge is 0.356 e. The molecule has 1 saturated heterocycles. The molecule has 1 amide bonds. The second-order valence-electron chi connectivity index (χ2n) is 5.92. The number of carbonyl (C=O) groups excluding carboxylic acids is 1. The summed E-state index contributed by atoms with van der Waals surface area (Å²) in [4.78, 5) is 11.9. The number of rotatable bonds is 6. The molecule has 0 atom stereocenters. The van der Waals surface area contributed by atoms with Gasteiger partial charge in [-0.3, -0.25) is 4.79 Å². The first-order valence-corrected chi connectivity index (χ1v) is 10.0. The van der Waals surface area contributed by atoms with Crippen LogP contribution in [0.1, 0.15) is 31.7 Å². The number of benzene rings is 1. The average molecular weight is 377 g/mol. The summed E-state index contributed by atoms with van der Waals surface area (Å²) in [5.74, 6) is -1.28. The van der Waals surface area contributed by atoms with Gasteiger partial charge in [0.15, 0.2) is 0 Å². The third-order valence-electron chi connectivity index (χ3n) is 4.16. The Bertz CT molecular complexity index is 668. The van der Waals surface area contributed by atoms with Crippen molar-refractivity contribution in [2.45, 2.75) is 31.9 Å². The normalized spacial score (nSPS) is 17.0. The van der Waals surface area contributed by atoms with Gasteiger partial charge in [0, 0.05) is 36.1 Å². The molecule has 0 saturated carbocycles. The number of nitrogens with one attached hydrogen (secondary N) is 1. The number of sulfonamides is 1. The first kappa shape index (κ1) is 19.1. The van der Waals surface area contributed by atoms with Gasteiger partial charge < -0.3 is 5.32 Å². The zero-order valence-electron chi connectivity index (χ0n) is 13.6. The fourth-order valence-corrected chi connectivity index (χ4v) is 4.65. The highest BCUT2D eigenvalue weighted by molar-refractivity contribution is 7.88. The molecule has 1 aromatic carbocycles. The van der Waals surface area contributed by atoms with Crippen molar-refractivity contribution in [3.8, 4) is 0 Å². The Hall–Kier alpha value is -1.18. The molecule has 1 aromatic rings. The Kier molecular flexibility index (Phi) is 6.60. The molecule has 5 nitrogen and oxygen atoms in total. The van der Waals surface area contributed by atoms with E-state index < -0.39 is 21.6 Å². The Morgan fingerprint density at radius 1 is 1.38 bits per heavy atom. The Balaban J connectivity index is 1.99. The third kappa shape index (κ3) is 4.68. The van der Waals surface area contributed by atoms with Crippen molar-refractivity contribution in [3.05, 3.63) is 34.6 Å². The molecule has 8 heteroatoms. The van der Waals surface area contributed by atoms with Gasteiger partial charge >= 0.3 is 0 Å². The fraction of sp³-hybridized carbons (Fsp3) is 0.562. The molecule has 1 aliphatic heterocycles. The SMILES string of the molecule is CCCNC(=O)C1CCN(S(=O)(=O)Cc2c(F)cccc2Cl)CC1. The summed E-state index contributed by atoms with van der Waals surface area (Å²) in [6.45, 7) is 3.13. The minimum Gasteiger partial charge on any atom is -0.356 e. The number of piperidine rings is 1. The van der Waals surface area contributed by atoms with Crippen LogP contribution in [0.4, 0.5) is 4.39 Å². The van der Waals surface area contributed by atoms with Gasteiger partial charge in [-0.05, 0) is 31.4 Å². The number of hydrogen-bond acceptors (Lipinski definition) is 3. The highest BCUT2D eigenvalue weighted by atomic mass is 35.5. The highest BCUT2D eigenvalue weighted by Crippen LogP contribution is 2.25. The van der Waals surface area contributed by atoms with Crippen LogP contribution >= 0.6 is 11.6 Å². The maximum atomic E-state index is 13.8. The summed E-state index contributed by atoms with van der Waals surface area (Å²) in [7, 11) is -3.67. The van der Waals surface area contributed by atoms with Crippen LogP contribution in [0.25, 0.3) is 0 Å². The summed E-state index contributed by atoms with van der Waals surface area (Å²) in [6.07, 6.45) is 1.81. The minimum atomic E-state index is -3.67. The standard InChI is InChI=1S/C16H22ClFN2O3S/c1-2-8-19-16(21)12-6-9-20(10-7-12)24(22,23)11-13-14(17)4-3-5-15(13)18/h3-5,12H,2,6-11H2,1H3,(H,19,21). The van der Waals surface area contributed by atoms with E-state index in [2.05, 4.69) is 5.32 Å². The van der Waals surface area contributed by atoms with E-state index in [9.17, 15) is 17.6 Å². The van der Waals surface area contributed by atoms with Crippen LogP contribution in [-0.2, 0) is 20.6 Å². The monoisotopic (exact) mass is 376 g/mol. The topological polar surface area (TPSA) is 66.5 Å². The molecule has 1 fully saturated rings. The van der Waals surface area contributed by atoms with E-state index in [1.807, 2.05) is 6.92 Å². The molecule has 0 aromatic heterocycles. The quantitative estimate of drug-likeness (QED) is 0.829. The van der Waals surface area contributed by atoms with Gasteiger partial charge in [-0.1, -0.05) is 24.6 Å². The fourth-order valence-electron chi connectivity index (χ4n) is 2.73. The van der Waals surface area contributed by atoms with E-state index in [1.54, 1.807) is 0 Å². The van der Waals surface area contributed by atoms with Gasteiger partial charge in [0.25, 0.3) is 0 Å². The zero-order valence-corrected chi connectivity index (χ0v) is 15.2. The van der Waals surface area contributed by atoms with Gasteiger partial charge in [-0.15, -0.1) is 0 Å². The zero-order chi connectivity index (χ0) is 17.7. The highest BCUT2D eigenvalue weighted by Gasteiger charge is 2.31. The number of halogens is 2. The lowest BCUT2D eigenvalue weighted by Crippen LogP contribution is -2.43. The van der Waals surface area contributed by atoms with E-state index in [4.69, 9.17) is 11.6 Å². The number of hydrogen-bond donors (Lipinski definition) is 1. The van der Waals surface area contributed by atoms with Crippen molar-refractivity contribution in [2.24, 2.45) is 5.92 Å². The maximum absolute atomic E-state index is 13.8. The van der Waals surface area contributed by atoms with Gasteiger partial charge in [0.05, 0.1) is 5.75 Å². The molecule has 134 valence electrons. The second kappa shape index (κ2) is 8.27. The molecule has 2 rings (SSSR count). The average Bonchev–Trinajstić information content (AvgIpc) is 2.56. The molecule has 1 heterocycles. The number of nitrogens with zero attached hydrogens (tertiary/aromatic N) is 1. The molecule has 0 aliphatic carbocycles. The van der Waals surface area contributed by atoms with Crippen LogP contribution in [-0.4, -0.2) is 38.3 Å². The molecular formula is C16H22ClFN2O3S. The lowest BCUT2D eigenvalue weighted by atomic mass is 9.97. The summed E-state index contributed by atoms with van der Waals surface area (Å²) < 4.78 is 40.1. The first-order chi connectivity index (χ1) is 11.3. The van der Waals surface area contributed by atoms with Crippen molar-refractivity contribution in [1.29, 1.82) is 0 Å². The van der Waals surface area contributed by atoms with Crippen LogP contribution in [0.15, 0.2) is 18.2 Å². The van der Waals surface area contributed by atoms with Crippen LogP contribution < -0.4 is 5.32 Å². The lowest BCUT2D eigenvalue weighted by molar-refractivity contribution is -0.126. The van der Waals surface area contributed by atoms with Crippen molar-refractivity contribution >= 4 is 27.5 Å². The van der Waals surface area contributed by atoms with Gasteiger partial charge in [-0.2, -0.15) is 0 Å². The smallest absolute Gasteiger partial charge is 0.223 e. The Morgan fingerprint density at radius 2 is 2.04 bits per heavy atom. The second-order valence-corrected chi connectivity index (χ2v) is 8.30. The molecule has 0 spiro atoms. The van der Waals surface area contributed by atoms with Gasteiger partial charge in [0.2, 0.25) is 15.9 Å². The molecule has 0 bridgehead atoms. The molecule has 0 radical (unpaired) electrons. The van der Waals surface area contributed by atoms with Gasteiger partial charge in [-0.25, -0.2) is 17.1 Å². The third-order valence-corrected chi connectivity index (χ3v) is 6.32. The number of carbonyl (C=O) groups is 1.